The molecule has 0 aliphatic rings. The maximum absolute atomic E-state index is 13.0. The molecule has 0 spiro atoms. The molecule has 1 heterocycles. The molecule has 0 unspecified atom stereocenters. The minimum Gasteiger partial charge on any atom is -0.481 e. The van der Waals surface area contributed by atoms with E-state index >= 15 is 0 Å². The molecule has 0 amide bonds. The van der Waals surface area contributed by atoms with Gasteiger partial charge in [0.25, 0.3) is 0 Å². The molecule has 0 aliphatic carbocycles. The fraction of sp³-hybridized carbons (Fsp3) is 0.167. The van der Waals surface area contributed by atoms with E-state index in [2.05, 4.69) is 4.98 Å². The van der Waals surface area contributed by atoms with Gasteiger partial charge in [0.05, 0.1) is 12.0 Å². The summed E-state index contributed by atoms with van der Waals surface area (Å²) >= 11 is 0. The van der Waals surface area contributed by atoms with E-state index in [0.29, 0.717) is 11.1 Å². The number of aliphatic carboxylic acids is 1. The summed E-state index contributed by atoms with van der Waals surface area (Å²) in [5.74, 6) is -1.73. The molecule has 24 heavy (non-hydrogen) atoms. The molecule has 1 aromatic heterocycles. The van der Waals surface area contributed by atoms with Gasteiger partial charge in [-0.2, -0.15) is 13.2 Å². The smallest absolute Gasteiger partial charge is 0.416 e. The number of carboxylic acid groups (broad SMARTS) is 1. The van der Waals surface area contributed by atoms with Gasteiger partial charge in [-0.1, -0.05) is 36.4 Å². The van der Waals surface area contributed by atoms with Gasteiger partial charge in [0.1, 0.15) is 0 Å². The predicted molar refractivity (Wildman–Crippen MR) is 83.8 cm³/mol. The molecule has 0 aliphatic heterocycles. The average Bonchev–Trinajstić information content (AvgIpc) is 2.95. The number of alkyl halides is 3. The number of H-pyrrole nitrogens is 1. The van der Waals surface area contributed by atoms with Gasteiger partial charge in [-0.15, -0.1) is 0 Å². The molecular formula is C18H14F3NO2. The number of carboxylic acids is 1. The van der Waals surface area contributed by atoms with Crippen LogP contribution in [0.1, 0.15) is 29.0 Å². The van der Waals surface area contributed by atoms with Crippen LogP contribution in [0.5, 0.6) is 0 Å². The first-order valence-corrected chi connectivity index (χ1v) is 7.31. The maximum Gasteiger partial charge on any atom is 0.416 e. The number of aromatic amines is 1. The molecule has 124 valence electrons. The van der Waals surface area contributed by atoms with E-state index in [9.17, 15) is 23.1 Å². The summed E-state index contributed by atoms with van der Waals surface area (Å²) in [6, 6.07) is 12.1. The predicted octanol–water partition coefficient (Wildman–Crippen LogP) is 4.79. The van der Waals surface area contributed by atoms with Crippen LogP contribution in [-0.2, 0) is 11.0 Å². The standard InChI is InChI=1S/C18H14F3NO2/c19-18(20,21)12-5-3-4-11(8-12)14(9-17(23)24)15-10-22-16-7-2-1-6-13(15)16/h1-8,10,14,22H,9H2,(H,23,24)/t14-/m1/s1. The number of nitrogens with one attached hydrogen (secondary N) is 1. The van der Waals surface area contributed by atoms with Crippen molar-refractivity contribution in [1.29, 1.82) is 0 Å². The summed E-state index contributed by atoms with van der Waals surface area (Å²) in [6.07, 6.45) is -3.09. The third-order valence-electron chi connectivity index (χ3n) is 3.99. The van der Waals surface area contributed by atoms with Crippen LogP contribution in [0, 0.1) is 0 Å². The first kappa shape index (κ1) is 16.1. The van der Waals surface area contributed by atoms with Gasteiger partial charge in [-0.05, 0) is 23.3 Å². The Bertz CT molecular complexity index is 883. The van der Waals surface area contributed by atoms with Gasteiger partial charge in [0, 0.05) is 23.0 Å². The third-order valence-corrected chi connectivity index (χ3v) is 3.99. The average molecular weight is 333 g/mol. The summed E-state index contributed by atoms with van der Waals surface area (Å²) in [5.41, 5.74) is 1.04. The van der Waals surface area contributed by atoms with E-state index in [-0.39, 0.29) is 6.42 Å². The lowest BCUT2D eigenvalue weighted by Crippen LogP contribution is -2.10. The molecule has 3 rings (SSSR count). The van der Waals surface area contributed by atoms with Gasteiger partial charge in [-0.3, -0.25) is 4.79 Å². The number of halogens is 3. The lowest BCUT2D eigenvalue weighted by molar-refractivity contribution is -0.138. The number of rotatable bonds is 4. The lowest BCUT2D eigenvalue weighted by Gasteiger charge is -2.17. The van der Waals surface area contributed by atoms with Gasteiger partial charge in [-0.25, -0.2) is 0 Å². The Morgan fingerprint density at radius 1 is 1.12 bits per heavy atom. The topological polar surface area (TPSA) is 53.1 Å². The zero-order valence-corrected chi connectivity index (χ0v) is 12.5. The summed E-state index contributed by atoms with van der Waals surface area (Å²) in [5, 5.41) is 10.0. The van der Waals surface area contributed by atoms with Crippen LogP contribution >= 0.6 is 0 Å². The summed E-state index contributed by atoms with van der Waals surface area (Å²) in [6.45, 7) is 0. The number of hydrogen-bond acceptors (Lipinski definition) is 1. The van der Waals surface area contributed by atoms with Gasteiger partial charge in [0.2, 0.25) is 0 Å². The van der Waals surface area contributed by atoms with Crippen molar-refractivity contribution in [2.75, 3.05) is 0 Å². The molecule has 0 fully saturated rings. The van der Waals surface area contributed by atoms with Crippen molar-refractivity contribution in [3.63, 3.8) is 0 Å². The maximum atomic E-state index is 13.0. The lowest BCUT2D eigenvalue weighted by atomic mass is 9.87. The second-order valence-electron chi connectivity index (χ2n) is 5.56. The van der Waals surface area contributed by atoms with Crippen LogP contribution in [0.2, 0.25) is 0 Å². The zero-order chi connectivity index (χ0) is 17.3. The highest BCUT2D eigenvalue weighted by molar-refractivity contribution is 5.85. The first-order valence-electron chi connectivity index (χ1n) is 7.31. The van der Waals surface area contributed by atoms with Gasteiger partial charge >= 0.3 is 12.1 Å². The third kappa shape index (κ3) is 3.13. The van der Waals surface area contributed by atoms with E-state index in [1.54, 1.807) is 6.20 Å². The molecular weight excluding hydrogens is 319 g/mol. The number of aromatic nitrogens is 1. The van der Waals surface area contributed by atoms with Crippen molar-refractivity contribution in [2.45, 2.75) is 18.5 Å². The number of para-hydroxylation sites is 1. The molecule has 0 bridgehead atoms. The zero-order valence-electron chi connectivity index (χ0n) is 12.5. The largest absolute Gasteiger partial charge is 0.481 e. The van der Waals surface area contributed by atoms with Crippen LogP contribution in [0.3, 0.4) is 0 Å². The van der Waals surface area contributed by atoms with Crippen molar-refractivity contribution >= 4 is 16.9 Å². The fourth-order valence-electron chi connectivity index (χ4n) is 2.90. The number of carbonyl (C=O) groups is 1. The van der Waals surface area contributed by atoms with Gasteiger partial charge in [0.15, 0.2) is 0 Å². The van der Waals surface area contributed by atoms with E-state index in [4.69, 9.17) is 0 Å². The van der Waals surface area contributed by atoms with E-state index in [1.165, 1.54) is 12.1 Å². The second-order valence-corrected chi connectivity index (χ2v) is 5.56. The molecule has 1 atom stereocenters. The molecule has 6 heteroatoms. The van der Waals surface area contributed by atoms with Crippen LogP contribution in [-0.4, -0.2) is 16.1 Å². The Balaban J connectivity index is 2.12. The molecule has 2 N–H and O–H groups in total. The molecule has 0 saturated heterocycles. The minimum absolute atomic E-state index is 0.289. The Hall–Kier alpha value is -2.76. The second kappa shape index (κ2) is 6.03. The normalized spacial score (nSPS) is 13.1. The van der Waals surface area contributed by atoms with Crippen molar-refractivity contribution < 1.29 is 23.1 Å². The molecule has 0 saturated carbocycles. The van der Waals surface area contributed by atoms with E-state index in [0.717, 1.165) is 23.0 Å². The Kier molecular flexibility index (Phi) is 4.05. The van der Waals surface area contributed by atoms with Crippen LogP contribution in [0.4, 0.5) is 13.2 Å². The molecule has 0 radical (unpaired) electrons. The number of benzene rings is 2. The van der Waals surface area contributed by atoms with Crippen molar-refractivity contribution in [1.82, 2.24) is 4.98 Å². The van der Waals surface area contributed by atoms with Crippen molar-refractivity contribution in [3.8, 4) is 0 Å². The highest BCUT2D eigenvalue weighted by atomic mass is 19.4. The van der Waals surface area contributed by atoms with Crippen molar-refractivity contribution in [3.05, 3.63) is 71.4 Å². The Morgan fingerprint density at radius 3 is 2.58 bits per heavy atom. The van der Waals surface area contributed by atoms with Crippen molar-refractivity contribution in [2.24, 2.45) is 0 Å². The fourth-order valence-corrected chi connectivity index (χ4v) is 2.90. The van der Waals surface area contributed by atoms with E-state index < -0.39 is 23.6 Å². The Labute approximate surface area is 135 Å². The van der Waals surface area contributed by atoms with E-state index in [1.807, 2.05) is 24.3 Å². The molecule has 2 aromatic carbocycles. The van der Waals surface area contributed by atoms with Crippen LogP contribution in [0.15, 0.2) is 54.7 Å². The van der Waals surface area contributed by atoms with Crippen LogP contribution in [0.25, 0.3) is 10.9 Å². The summed E-state index contributed by atoms with van der Waals surface area (Å²) < 4.78 is 38.9. The first-order chi connectivity index (χ1) is 11.4. The number of fused-ring (bicyclic) bond motifs is 1. The quantitative estimate of drug-likeness (QED) is 0.721. The SMILES string of the molecule is O=C(O)C[C@H](c1cccc(C(F)(F)F)c1)c1c[nH]c2ccccc12. The monoisotopic (exact) mass is 333 g/mol. The van der Waals surface area contributed by atoms with Crippen LogP contribution < -0.4 is 0 Å². The van der Waals surface area contributed by atoms with Gasteiger partial charge < -0.3 is 10.1 Å². The number of hydrogen-bond donors (Lipinski definition) is 2. The molecule has 3 nitrogen and oxygen atoms in total. The highest BCUT2D eigenvalue weighted by Gasteiger charge is 2.31. The highest BCUT2D eigenvalue weighted by Crippen LogP contribution is 2.36. The summed E-state index contributed by atoms with van der Waals surface area (Å²) in [4.78, 5) is 14.3. The minimum atomic E-state index is -4.47. The summed E-state index contributed by atoms with van der Waals surface area (Å²) in [7, 11) is 0. The Morgan fingerprint density at radius 2 is 1.88 bits per heavy atom. The molecule has 3 aromatic rings.